The SMILES string of the molecule is COc1ccc(S(=O)(=O)N2c3ccc(F)c(F)c3-c3ccccc3C2C)cc1. The highest BCUT2D eigenvalue weighted by molar-refractivity contribution is 7.92. The van der Waals surface area contributed by atoms with Crippen molar-refractivity contribution in [3.05, 3.63) is 77.9 Å². The van der Waals surface area contributed by atoms with Gasteiger partial charge in [0.2, 0.25) is 0 Å². The number of halogens is 2. The minimum absolute atomic E-state index is 0.0372. The molecule has 0 N–H and O–H groups in total. The van der Waals surface area contributed by atoms with E-state index in [0.29, 0.717) is 16.9 Å². The van der Waals surface area contributed by atoms with E-state index < -0.39 is 27.7 Å². The van der Waals surface area contributed by atoms with Gasteiger partial charge in [-0.1, -0.05) is 24.3 Å². The standard InChI is InChI=1S/C21H17F2NO3S/c1-13-16-5-3-4-6-17(16)20-19(12-11-18(22)21(20)23)24(13)28(25,26)15-9-7-14(27-2)8-10-15/h3-13H,1-2H3. The van der Waals surface area contributed by atoms with Crippen molar-refractivity contribution in [3.63, 3.8) is 0 Å². The summed E-state index contributed by atoms with van der Waals surface area (Å²) in [6.45, 7) is 1.73. The molecule has 3 aromatic rings. The molecule has 1 heterocycles. The van der Waals surface area contributed by atoms with Crippen LogP contribution in [0, 0.1) is 11.6 Å². The molecule has 4 nitrogen and oxygen atoms in total. The highest BCUT2D eigenvalue weighted by Gasteiger charge is 2.38. The lowest BCUT2D eigenvalue weighted by atomic mass is 9.90. The fourth-order valence-corrected chi connectivity index (χ4v) is 5.25. The molecule has 0 aromatic heterocycles. The zero-order valence-electron chi connectivity index (χ0n) is 15.2. The summed E-state index contributed by atoms with van der Waals surface area (Å²) in [5.74, 6) is -1.57. The summed E-state index contributed by atoms with van der Waals surface area (Å²) in [6.07, 6.45) is 0. The molecule has 0 amide bonds. The van der Waals surface area contributed by atoms with E-state index in [0.717, 1.165) is 10.4 Å². The van der Waals surface area contributed by atoms with E-state index in [1.807, 2.05) is 0 Å². The maximum atomic E-state index is 14.7. The van der Waals surface area contributed by atoms with Crippen LogP contribution in [0.3, 0.4) is 0 Å². The van der Waals surface area contributed by atoms with Gasteiger partial charge in [-0.15, -0.1) is 0 Å². The molecule has 7 heteroatoms. The first-order chi connectivity index (χ1) is 13.4. The van der Waals surface area contributed by atoms with E-state index in [4.69, 9.17) is 4.74 Å². The maximum absolute atomic E-state index is 14.7. The van der Waals surface area contributed by atoms with Gasteiger partial charge in [0.05, 0.1) is 23.7 Å². The predicted octanol–water partition coefficient (Wildman–Crippen LogP) is 4.91. The number of nitrogens with zero attached hydrogens (tertiary/aromatic N) is 1. The molecule has 0 fully saturated rings. The average Bonchev–Trinajstić information content (AvgIpc) is 2.70. The number of ether oxygens (including phenoxy) is 1. The van der Waals surface area contributed by atoms with Gasteiger partial charge in [0.25, 0.3) is 10.0 Å². The molecule has 144 valence electrons. The Morgan fingerprint density at radius 1 is 0.964 bits per heavy atom. The Morgan fingerprint density at radius 3 is 2.32 bits per heavy atom. The second kappa shape index (κ2) is 6.60. The van der Waals surface area contributed by atoms with Gasteiger partial charge >= 0.3 is 0 Å². The zero-order valence-corrected chi connectivity index (χ0v) is 16.0. The van der Waals surface area contributed by atoms with Crippen LogP contribution >= 0.6 is 0 Å². The summed E-state index contributed by atoms with van der Waals surface area (Å²) >= 11 is 0. The van der Waals surface area contributed by atoms with Crippen molar-refractivity contribution in [1.82, 2.24) is 0 Å². The first kappa shape index (κ1) is 18.4. The molecule has 3 aromatic carbocycles. The Hall–Kier alpha value is -2.93. The summed E-state index contributed by atoms with van der Waals surface area (Å²) in [5.41, 5.74) is 1.16. The van der Waals surface area contributed by atoms with Crippen molar-refractivity contribution >= 4 is 15.7 Å². The topological polar surface area (TPSA) is 46.6 Å². The molecule has 1 atom stereocenters. The molecule has 0 saturated heterocycles. The van der Waals surface area contributed by atoms with E-state index in [9.17, 15) is 17.2 Å². The van der Waals surface area contributed by atoms with Crippen LogP contribution in [0.2, 0.25) is 0 Å². The summed E-state index contributed by atoms with van der Waals surface area (Å²) in [5, 5.41) is 0. The largest absolute Gasteiger partial charge is 0.497 e. The van der Waals surface area contributed by atoms with Crippen molar-refractivity contribution in [1.29, 1.82) is 0 Å². The van der Waals surface area contributed by atoms with Gasteiger partial charge in [-0.05, 0) is 54.4 Å². The summed E-state index contributed by atoms with van der Waals surface area (Å²) < 4.78 is 61.8. The molecule has 1 unspecified atom stereocenters. The zero-order chi connectivity index (χ0) is 20.1. The van der Waals surface area contributed by atoms with Gasteiger partial charge in [0.15, 0.2) is 11.6 Å². The predicted molar refractivity (Wildman–Crippen MR) is 103 cm³/mol. The van der Waals surface area contributed by atoms with E-state index in [1.54, 1.807) is 43.3 Å². The van der Waals surface area contributed by atoms with Crippen LogP contribution in [-0.4, -0.2) is 15.5 Å². The summed E-state index contributed by atoms with van der Waals surface area (Å²) in [6, 6.07) is 14.5. The normalized spacial score (nSPS) is 15.7. The minimum Gasteiger partial charge on any atom is -0.497 e. The third kappa shape index (κ3) is 2.65. The smallest absolute Gasteiger partial charge is 0.264 e. The number of benzene rings is 3. The Balaban J connectivity index is 1.97. The van der Waals surface area contributed by atoms with Crippen molar-refractivity contribution in [2.24, 2.45) is 0 Å². The number of methoxy groups -OCH3 is 1. The van der Waals surface area contributed by atoms with Crippen molar-refractivity contribution in [2.75, 3.05) is 11.4 Å². The number of hydrogen-bond acceptors (Lipinski definition) is 3. The van der Waals surface area contributed by atoms with Crippen LogP contribution < -0.4 is 9.04 Å². The quantitative estimate of drug-likeness (QED) is 0.627. The van der Waals surface area contributed by atoms with Crippen molar-refractivity contribution in [3.8, 4) is 16.9 Å². The van der Waals surface area contributed by atoms with Crippen LogP contribution in [0.1, 0.15) is 18.5 Å². The molecule has 4 rings (SSSR count). The lowest BCUT2D eigenvalue weighted by Crippen LogP contribution is -2.36. The van der Waals surface area contributed by atoms with Gasteiger partial charge < -0.3 is 4.74 Å². The molecular weight excluding hydrogens is 384 g/mol. The Morgan fingerprint density at radius 2 is 1.64 bits per heavy atom. The Labute approximate surface area is 162 Å². The molecule has 28 heavy (non-hydrogen) atoms. The number of rotatable bonds is 3. The van der Waals surface area contributed by atoms with Gasteiger partial charge in [-0.3, -0.25) is 4.31 Å². The third-order valence-electron chi connectivity index (χ3n) is 4.96. The molecule has 0 aliphatic carbocycles. The second-order valence-electron chi connectivity index (χ2n) is 6.50. The van der Waals surface area contributed by atoms with Crippen LogP contribution in [0.5, 0.6) is 5.75 Å². The van der Waals surface area contributed by atoms with E-state index in [-0.39, 0.29) is 16.1 Å². The summed E-state index contributed by atoms with van der Waals surface area (Å²) in [4.78, 5) is 0.0372. The van der Waals surface area contributed by atoms with E-state index in [1.165, 1.54) is 25.3 Å². The monoisotopic (exact) mass is 401 g/mol. The number of hydrogen-bond donors (Lipinski definition) is 0. The number of fused-ring (bicyclic) bond motifs is 3. The van der Waals surface area contributed by atoms with Crippen LogP contribution in [-0.2, 0) is 10.0 Å². The number of sulfonamides is 1. The molecule has 0 spiro atoms. The van der Waals surface area contributed by atoms with Crippen molar-refractivity contribution < 1.29 is 21.9 Å². The first-order valence-corrected chi connectivity index (χ1v) is 10.1. The Kier molecular flexibility index (Phi) is 4.34. The fourth-order valence-electron chi connectivity index (χ4n) is 3.60. The minimum atomic E-state index is -4.03. The van der Waals surface area contributed by atoms with Gasteiger partial charge in [0, 0.05) is 5.56 Å². The van der Waals surface area contributed by atoms with Crippen LogP contribution in [0.25, 0.3) is 11.1 Å². The Bertz CT molecular complexity index is 1160. The average molecular weight is 401 g/mol. The maximum Gasteiger partial charge on any atom is 0.264 e. The lowest BCUT2D eigenvalue weighted by Gasteiger charge is -2.37. The first-order valence-electron chi connectivity index (χ1n) is 8.62. The van der Waals surface area contributed by atoms with Crippen molar-refractivity contribution in [2.45, 2.75) is 17.9 Å². The van der Waals surface area contributed by atoms with Gasteiger partial charge in [-0.25, -0.2) is 17.2 Å². The van der Waals surface area contributed by atoms with Crippen LogP contribution in [0.4, 0.5) is 14.5 Å². The van der Waals surface area contributed by atoms with Gasteiger partial charge in [-0.2, -0.15) is 0 Å². The molecule has 0 saturated carbocycles. The second-order valence-corrected chi connectivity index (χ2v) is 8.31. The highest BCUT2D eigenvalue weighted by atomic mass is 32.2. The third-order valence-corrected chi connectivity index (χ3v) is 6.86. The molecule has 1 aliphatic rings. The fraction of sp³-hybridized carbons (Fsp3) is 0.143. The molecular formula is C21H17F2NO3S. The highest BCUT2D eigenvalue weighted by Crippen LogP contribution is 2.48. The van der Waals surface area contributed by atoms with Crippen LogP contribution in [0.15, 0.2) is 65.6 Å². The van der Waals surface area contributed by atoms with E-state index in [2.05, 4.69) is 0 Å². The lowest BCUT2D eigenvalue weighted by molar-refractivity contribution is 0.414. The molecule has 0 radical (unpaired) electrons. The summed E-state index contributed by atoms with van der Waals surface area (Å²) in [7, 11) is -2.55. The molecule has 1 aliphatic heterocycles. The number of anilines is 1. The molecule has 0 bridgehead atoms. The van der Waals surface area contributed by atoms with Gasteiger partial charge in [0.1, 0.15) is 5.75 Å². The van der Waals surface area contributed by atoms with E-state index >= 15 is 0 Å².